The third kappa shape index (κ3) is 6.13. The number of anilines is 1. The zero-order valence-electron chi connectivity index (χ0n) is 17.2. The predicted molar refractivity (Wildman–Crippen MR) is 107 cm³/mol. The highest BCUT2D eigenvalue weighted by atomic mass is 16.3. The molecule has 1 fully saturated rings. The monoisotopic (exact) mass is 392 g/mol. The molecule has 0 unspecified atom stereocenters. The van der Waals surface area contributed by atoms with E-state index in [4.69, 9.17) is 5.11 Å². The average molecular weight is 393 g/mol. The molecule has 0 radical (unpaired) electrons. The molecule has 2 heterocycles. The van der Waals surface area contributed by atoms with Crippen LogP contribution in [0.15, 0.2) is 6.07 Å². The van der Waals surface area contributed by atoms with E-state index in [0.29, 0.717) is 42.9 Å². The highest BCUT2D eigenvalue weighted by Crippen LogP contribution is 2.19. The summed E-state index contributed by atoms with van der Waals surface area (Å²) < 4.78 is 0. The van der Waals surface area contributed by atoms with Crippen molar-refractivity contribution in [1.82, 2.24) is 25.7 Å². The van der Waals surface area contributed by atoms with Crippen molar-refractivity contribution in [2.75, 3.05) is 38.1 Å². The fourth-order valence-corrected chi connectivity index (χ4v) is 3.13. The van der Waals surface area contributed by atoms with Crippen molar-refractivity contribution < 1.29 is 14.7 Å². The van der Waals surface area contributed by atoms with Gasteiger partial charge in [-0.1, -0.05) is 27.7 Å². The number of aromatic nitrogens is 2. The Hall–Kier alpha value is -2.26. The van der Waals surface area contributed by atoms with Crippen LogP contribution in [0.5, 0.6) is 0 Å². The summed E-state index contributed by atoms with van der Waals surface area (Å²) in [5.74, 6) is 0.946. The van der Waals surface area contributed by atoms with Gasteiger partial charge in [-0.25, -0.2) is 4.79 Å². The first-order chi connectivity index (χ1) is 13.3. The van der Waals surface area contributed by atoms with E-state index in [1.807, 2.05) is 4.90 Å². The first-order valence-corrected chi connectivity index (χ1v) is 9.86. The predicted octanol–water partition coefficient (Wildman–Crippen LogP) is 0.859. The van der Waals surface area contributed by atoms with Crippen molar-refractivity contribution in [1.29, 1.82) is 0 Å². The number of carbonyl (C=O) groups excluding carboxylic acids is 2. The Bertz CT molecular complexity index is 680. The number of rotatable bonds is 7. The Kier molecular flexibility index (Phi) is 8.13. The highest BCUT2D eigenvalue weighted by Gasteiger charge is 2.27. The van der Waals surface area contributed by atoms with Gasteiger partial charge in [0.25, 0.3) is 5.91 Å². The molecule has 0 spiro atoms. The van der Waals surface area contributed by atoms with Crippen molar-refractivity contribution in [3.8, 4) is 0 Å². The molecule has 1 saturated heterocycles. The lowest BCUT2D eigenvalue weighted by atomic mass is 10.0. The van der Waals surface area contributed by atoms with Crippen LogP contribution in [0.25, 0.3) is 0 Å². The van der Waals surface area contributed by atoms with Gasteiger partial charge in [0.1, 0.15) is 0 Å². The molecule has 2 rings (SSSR count). The third-order valence-electron chi connectivity index (χ3n) is 4.65. The maximum Gasteiger partial charge on any atom is 0.320 e. The number of piperazine rings is 1. The fourth-order valence-electron chi connectivity index (χ4n) is 3.13. The minimum Gasteiger partial charge on any atom is -0.395 e. The van der Waals surface area contributed by atoms with E-state index < -0.39 is 6.03 Å². The Balaban J connectivity index is 2.18. The third-order valence-corrected chi connectivity index (χ3v) is 4.65. The second kappa shape index (κ2) is 10.3. The summed E-state index contributed by atoms with van der Waals surface area (Å²) in [5.41, 5.74) is 1.06. The lowest BCUT2D eigenvalue weighted by molar-refractivity contribution is 0.0676. The van der Waals surface area contributed by atoms with E-state index in [1.165, 1.54) is 0 Å². The summed E-state index contributed by atoms with van der Waals surface area (Å²) in [5, 5.41) is 25.6. The van der Waals surface area contributed by atoms with Gasteiger partial charge in [0, 0.05) is 32.2 Å². The molecule has 3 amide bonds. The Morgan fingerprint density at radius 3 is 2.71 bits per heavy atom. The van der Waals surface area contributed by atoms with E-state index in [0.717, 1.165) is 12.1 Å². The van der Waals surface area contributed by atoms with Crippen LogP contribution in [-0.4, -0.2) is 71.0 Å². The number of nitrogens with zero attached hydrogens (tertiary/aromatic N) is 3. The van der Waals surface area contributed by atoms with Crippen LogP contribution in [0.3, 0.4) is 0 Å². The average Bonchev–Trinajstić information content (AvgIpc) is 2.66. The van der Waals surface area contributed by atoms with Gasteiger partial charge < -0.3 is 20.6 Å². The largest absolute Gasteiger partial charge is 0.395 e. The number of urea groups is 1. The van der Waals surface area contributed by atoms with Crippen LogP contribution in [0.2, 0.25) is 0 Å². The van der Waals surface area contributed by atoms with Gasteiger partial charge in [0.05, 0.1) is 6.61 Å². The van der Waals surface area contributed by atoms with Gasteiger partial charge in [-0.2, -0.15) is 0 Å². The minimum absolute atomic E-state index is 0.138. The van der Waals surface area contributed by atoms with E-state index >= 15 is 0 Å². The SMILES string of the molecule is CC(C)Cc1cc(C(=O)N2CCN[C@@H](C(C)C)C2)nnc1NC(=O)NCCO. The van der Waals surface area contributed by atoms with E-state index in [2.05, 4.69) is 53.8 Å². The Morgan fingerprint density at radius 1 is 1.32 bits per heavy atom. The normalized spacial score (nSPS) is 17.1. The number of aliphatic hydroxyl groups excluding tert-OH is 1. The first-order valence-electron chi connectivity index (χ1n) is 9.86. The Morgan fingerprint density at radius 2 is 2.07 bits per heavy atom. The van der Waals surface area contributed by atoms with Gasteiger partial charge >= 0.3 is 6.03 Å². The number of carbonyl (C=O) groups is 2. The van der Waals surface area contributed by atoms with E-state index in [1.54, 1.807) is 6.07 Å². The fraction of sp³-hybridized carbons (Fsp3) is 0.684. The first kappa shape index (κ1) is 22.0. The maximum atomic E-state index is 12.9. The molecule has 1 aliphatic heterocycles. The summed E-state index contributed by atoms with van der Waals surface area (Å²) in [6.07, 6.45) is 0.654. The zero-order chi connectivity index (χ0) is 20.7. The zero-order valence-corrected chi connectivity index (χ0v) is 17.2. The van der Waals surface area contributed by atoms with Crippen molar-refractivity contribution in [3.63, 3.8) is 0 Å². The summed E-state index contributed by atoms with van der Waals surface area (Å²) in [7, 11) is 0. The topological polar surface area (TPSA) is 119 Å². The molecule has 9 nitrogen and oxygen atoms in total. The summed E-state index contributed by atoms with van der Waals surface area (Å²) in [4.78, 5) is 26.7. The highest BCUT2D eigenvalue weighted by molar-refractivity contribution is 5.93. The molecule has 1 aromatic rings. The van der Waals surface area contributed by atoms with Gasteiger partial charge in [-0.15, -0.1) is 10.2 Å². The molecular formula is C19H32N6O3. The number of hydrogen-bond acceptors (Lipinski definition) is 6. The van der Waals surface area contributed by atoms with Crippen LogP contribution < -0.4 is 16.0 Å². The van der Waals surface area contributed by atoms with Gasteiger partial charge in [0.2, 0.25) is 0 Å². The molecule has 9 heteroatoms. The second-order valence-corrected chi connectivity index (χ2v) is 7.86. The summed E-state index contributed by atoms with van der Waals surface area (Å²) in [6.45, 7) is 10.4. The van der Waals surface area contributed by atoms with Crippen molar-refractivity contribution in [2.45, 2.75) is 40.2 Å². The standard InChI is InChI=1S/C19H32N6O3/c1-12(2)9-14-10-15(23-24-17(14)22-19(28)21-6-8-26)18(27)25-7-5-20-16(11-25)13(3)4/h10,12-13,16,20,26H,5-9,11H2,1-4H3,(H2,21,22,24,28)/t16-/m1/s1. The molecule has 0 saturated carbocycles. The van der Waals surface area contributed by atoms with Crippen molar-refractivity contribution in [3.05, 3.63) is 17.3 Å². The van der Waals surface area contributed by atoms with E-state index in [9.17, 15) is 9.59 Å². The maximum absolute atomic E-state index is 12.9. The molecule has 0 aromatic carbocycles. The molecule has 28 heavy (non-hydrogen) atoms. The van der Waals surface area contributed by atoms with Crippen LogP contribution in [-0.2, 0) is 6.42 Å². The molecule has 4 N–H and O–H groups in total. The molecule has 0 bridgehead atoms. The molecule has 156 valence electrons. The summed E-state index contributed by atoms with van der Waals surface area (Å²) >= 11 is 0. The minimum atomic E-state index is -0.464. The van der Waals surface area contributed by atoms with Crippen molar-refractivity contribution in [2.24, 2.45) is 11.8 Å². The number of hydrogen-bond donors (Lipinski definition) is 4. The van der Waals surface area contributed by atoms with E-state index in [-0.39, 0.29) is 25.1 Å². The quantitative estimate of drug-likeness (QED) is 0.546. The van der Waals surface area contributed by atoms with Gasteiger partial charge in [0.15, 0.2) is 11.5 Å². The van der Waals surface area contributed by atoms with Crippen LogP contribution in [0.1, 0.15) is 43.7 Å². The number of amides is 3. The molecule has 1 aromatic heterocycles. The molecule has 1 aliphatic rings. The Labute approximate surface area is 166 Å². The van der Waals surface area contributed by atoms with Gasteiger partial charge in [-0.05, 0) is 29.9 Å². The lowest BCUT2D eigenvalue weighted by Gasteiger charge is -2.35. The number of aliphatic hydroxyl groups is 1. The van der Waals surface area contributed by atoms with Crippen LogP contribution >= 0.6 is 0 Å². The molecular weight excluding hydrogens is 360 g/mol. The summed E-state index contributed by atoms with van der Waals surface area (Å²) in [6, 6.07) is 1.52. The molecule has 1 atom stereocenters. The smallest absolute Gasteiger partial charge is 0.320 e. The van der Waals surface area contributed by atoms with Gasteiger partial charge in [-0.3, -0.25) is 10.1 Å². The van der Waals surface area contributed by atoms with Crippen LogP contribution in [0.4, 0.5) is 10.6 Å². The molecule has 0 aliphatic carbocycles. The second-order valence-electron chi connectivity index (χ2n) is 7.86. The number of nitrogens with one attached hydrogen (secondary N) is 3. The lowest BCUT2D eigenvalue weighted by Crippen LogP contribution is -2.54. The van der Waals surface area contributed by atoms with Crippen LogP contribution in [0, 0.1) is 11.8 Å². The van der Waals surface area contributed by atoms with Crippen molar-refractivity contribution >= 4 is 17.8 Å².